The van der Waals surface area contributed by atoms with Crippen molar-refractivity contribution < 1.29 is 4.43 Å². The average molecular weight is 466 g/mol. The Balaban J connectivity index is 2.13. The Bertz CT molecular complexity index is 848. The van der Waals surface area contributed by atoms with Crippen molar-refractivity contribution in [3.05, 3.63) is 69.8 Å². The van der Waals surface area contributed by atoms with Gasteiger partial charge < -0.3 is 4.43 Å². The van der Waals surface area contributed by atoms with Crippen molar-refractivity contribution in [1.82, 2.24) is 4.90 Å². The molecule has 1 heterocycles. The lowest BCUT2D eigenvalue weighted by Crippen LogP contribution is -2.52. The fourth-order valence-electron chi connectivity index (χ4n) is 6.99. The lowest BCUT2D eigenvalue weighted by Gasteiger charge is -2.46. The largest absolute Gasteiger partial charge is 0.403 e. The Morgan fingerprint density at radius 3 is 1.48 bits per heavy atom. The van der Waals surface area contributed by atoms with E-state index in [0.29, 0.717) is 16.6 Å². The van der Waals surface area contributed by atoms with Gasteiger partial charge in [0.15, 0.2) is 0 Å². The number of hydrogen-bond donors (Lipinski definition) is 0. The molecule has 1 aliphatic heterocycles. The maximum atomic E-state index is 7.18. The molecule has 0 unspecified atom stereocenters. The molecule has 2 aromatic rings. The molecule has 0 spiro atoms. The Morgan fingerprint density at radius 2 is 1.12 bits per heavy atom. The number of likely N-dealkylation sites (tertiary alicyclic amines) is 1. The van der Waals surface area contributed by atoms with Crippen LogP contribution >= 0.6 is 0 Å². The summed E-state index contributed by atoms with van der Waals surface area (Å²) in [7, 11) is -1.94. The minimum atomic E-state index is -1.94. The van der Waals surface area contributed by atoms with Gasteiger partial charge in [0.25, 0.3) is 0 Å². The monoisotopic (exact) mass is 465 g/mol. The van der Waals surface area contributed by atoms with Crippen LogP contribution in [0.2, 0.25) is 16.6 Å². The fraction of sp³-hybridized carbons (Fsp3) is 0.600. The standard InChI is InChI=1S/C30H47NOSi/c1-21(2)33(22(3)4,23(5)6)32-20-31-13-11-12-30(31,28-16-24(7)14-25(8)17-28)29-18-26(9)15-27(10)19-29/h14-19,21-23H,11-13,20H2,1-10H3. The van der Waals surface area contributed by atoms with Crippen LogP contribution in [0.5, 0.6) is 0 Å². The van der Waals surface area contributed by atoms with Gasteiger partial charge in [0.1, 0.15) is 0 Å². The summed E-state index contributed by atoms with van der Waals surface area (Å²) in [5.41, 5.74) is 9.89. The Labute approximate surface area is 204 Å². The van der Waals surface area contributed by atoms with Crippen molar-refractivity contribution >= 4 is 8.32 Å². The van der Waals surface area contributed by atoms with Crippen molar-refractivity contribution in [1.29, 1.82) is 0 Å². The maximum Gasteiger partial charge on any atom is 0.202 e. The van der Waals surface area contributed by atoms with Gasteiger partial charge in [0.2, 0.25) is 8.32 Å². The van der Waals surface area contributed by atoms with Crippen molar-refractivity contribution in [3.8, 4) is 0 Å². The van der Waals surface area contributed by atoms with E-state index in [-0.39, 0.29) is 5.54 Å². The molecule has 3 rings (SSSR count). The van der Waals surface area contributed by atoms with Gasteiger partial charge in [-0.15, -0.1) is 0 Å². The fourth-order valence-corrected chi connectivity index (χ4v) is 12.4. The number of aryl methyl sites for hydroxylation is 4. The van der Waals surface area contributed by atoms with E-state index in [0.717, 1.165) is 19.7 Å². The highest BCUT2D eigenvalue weighted by Crippen LogP contribution is 2.47. The molecule has 0 amide bonds. The van der Waals surface area contributed by atoms with E-state index in [1.165, 1.54) is 39.8 Å². The summed E-state index contributed by atoms with van der Waals surface area (Å²) in [4.78, 5) is 2.67. The SMILES string of the molecule is Cc1cc(C)cc(C2(c3cc(C)cc(C)c3)CCCN2CO[Si](C(C)C)(C(C)C)C(C)C)c1. The molecule has 182 valence electrons. The van der Waals surface area contributed by atoms with Crippen LogP contribution in [-0.2, 0) is 9.96 Å². The van der Waals surface area contributed by atoms with Crippen molar-refractivity contribution in [2.24, 2.45) is 0 Å². The zero-order valence-corrected chi connectivity index (χ0v) is 23.9. The van der Waals surface area contributed by atoms with Gasteiger partial charge in [0, 0.05) is 6.54 Å². The van der Waals surface area contributed by atoms with Crippen LogP contribution in [0.15, 0.2) is 36.4 Å². The van der Waals surface area contributed by atoms with Crippen LogP contribution in [0.25, 0.3) is 0 Å². The molecule has 0 aliphatic carbocycles. The predicted octanol–water partition coefficient (Wildman–Crippen LogP) is 8.41. The van der Waals surface area contributed by atoms with E-state index in [4.69, 9.17) is 4.43 Å². The van der Waals surface area contributed by atoms with Gasteiger partial charge >= 0.3 is 0 Å². The quantitative estimate of drug-likeness (QED) is 0.363. The van der Waals surface area contributed by atoms with Gasteiger partial charge in [-0.2, -0.15) is 0 Å². The van der Waals surface area contributed by atoms with Crippen LogP contribution < -0.4 is 0 Å². The maximum absolute atomic E-state index is 7.18. The van der Waals surface area contributed by atoms with Crippen molar-refractivity contribution in [2.75, 3.05) is 13.3 Å². The molecule has 3 heteroatoms. The summed E-state index contributed by atoms with van der Waals surface area (Å²) in [6.07, 6.45) is 2.34. The number of nitrogens with zero attached hydrogens (tertiary/aromatic N) is 1. The van der Waals surface area contributed by atoms with Crippen LogP contribution in [-0.4, -0.2) is 26.5 Å². The third kappa shape index (κ3) is 4.87. The molecular formula is C30H47NOSi. The van der Waals surface area contributed by atoms with Gasteiger partial charge in [-0.25, -0.2) is 0 Å². The Morgan fingerprint density at radius 1 is 0.727 bits per heavy atom. The highest BCUT2D eigenvalue weighted by atomic mass is 28.4. The van der Waals surface area contributed by atoms with E-state index in [1.807, 2.05) is 0 Å². The first-order valence-corrected chi connectivity index (χ1v) is 15.1. The van der Waals surface area contributed by atoms with E-state index in [1.54, 1.807) is 0 Å². The third-order valence-electron chi connectivity index (χ3n) is 8.08. The Hall–Kier alpha value is -1.42. The highest BCUT2D eigenvalue weighted by molar-refractivity contribution is 6.77. The summed E-state index contributed by atoms with van der Waals surface area (Å²) in [5, 5.41) is 0. The van der Waals surface area contributed by atoms with Crippen LogP contribution in [0.1, 0.15) is 87.8 Å². The van der Waals surface area contributed by atoms with Gasteiger partial charge in [-0.1, -0.05) is 100 Å². The minimum absolute atomic E-state index is 0.126. The molecule has 2 nitrogen and oxygen atoms in total. The van der Waals surface area contributed by atoms with Crippen LogP contribution in [0.4, 0.5) is 0 Å². The molecule has 33 heavy (non-hydrogen) atoms. The van der Waals surface area contributed by atoms with Crippen molar-refractivity contribution in [3.63, 3.8) is 0 Å². The van der Waals surface area contributed by atoms with Gasteiger partial charge in [0.05, 0.1) is 12.3 Å². The molecule has 1 saturated heterocycles. The first-order valence-electron chi connectivity index (χ1n) is 13.0. The first-order chi connectivity index (χ1) is 15.4. The molecule has 0 atom stereocenters. The van der Waals surface area contributed by atoms with E-state index >= 15 is 0 Å². The van der Waals surface area contributed by atoms with Crippen LogP contribution in [0, 0.1) is 27.7 Å². The van der Waals surface area contributed by atoms with Crippen LogP contribution in [0.3, 0.4) is 0 Å². The zero-order valence-electron chi connectivity index (χ0n) is 22.9. The summed E-state index contributed by atoms with van der Waals surface area (Å²) in [6.45, 7) is 25.0. The molecule has 0 radical (unpaired) electrons. The second-order valence-electron chi connectivity index (χ2n) is 11.6. The molecule has 2 aromatic carbocycles. The molecule has 0 N–H and O–H groups in total. The third-order valence-corrected chi connectivity index (χ3v) is 14.1. The zero-order chi connectivity index (χ0) is 24.6. The van der Waals surface area contributed by atoms with Crippen molar-refractivity contribution in [2.45, 2.75) is 104 Å². The van der Waals surface area contributed by atoms with E-state index < -0.39 is 8.32 Å². The topological polar surface area (TPSA) is 12.5 Å². The first kappa shape index (κ1) is 26.2. The highest BCUT2D eigenvalue weighted by Gasteiger charge is 2.49. The van der Waals surface area contributed by atoms with E-state index in [9.17, 15) is 0 Å². The average Bonchev–Trinajstić information content (AvgIpc) is 3.11. The summed E-state index contributed by atoms with van der Waals surface area (Å²) >= 11 is 0. The molecule has 1 fully saturated rings. The Kier molecular flexibility index (Phi) is 7.98. The molecule has 1 aliphatic rings. The molecule has 0 saturated carbocycles. The summed E-state index contributed by atoms with van der Waals surface area (Å²) < 4.78 is 7.18. The number of hydrogen-bond acceptors (Lipinski definition) is 2. The molecular weight excluding hydrogens is 418 g/mol. The molecule has 0 aromatic heterocycles. The lowest BCUT2D eigenvalue weighted by atomic mass is 9.78. The smallest absolute Gasteiger partial charge is 0.202 e. The number of rotatable bonds is 8. The summed E-state index contributed by atoms with van der Waals surface area (Å²) in [5.74, 6) is 0. The second kappa shape index (κ2) is 10.1. The van der Waals surface area contributed by atoms with Gasteiger partial charge in [-0.05, 0) is 68.3 Å². The number of benzene rings is 2. The second-order valence-corrected chi connectivity index (χ2v) is 17.0. The summed E-state index contributed by atoms with van der Waals surface area (Å²) in [6, 6.07) is 14.3. The predicted molar refractivity (Wildman–Crippen MR) is 146 cm³/mol. The molecule has 0 bridgehead atoms. The normalized spacial score (nSPS) is 17.0. The minimum Gasteiger partial charge on any atom is -0.403 e. The lowest BCUT2D eigenvalue weighted by molar-refractivity contribution is 0.0607. The van der Waals surface area contributed by atoms with Gasteiger partial charge in [-0.3, -0.25) is 4.90 Å². The van der Waals surface area contributed by atoms with E-state index in [2.05, 4.69) is 111 Å².